The third-order valence-corrected chi connectivity index (χ3v) is 1.07. The van der Waals surface area contributed by atoms with Gasteiger partial charge in [-0.25, -0.2) is 0 Å². The van der Waals surface area contributed by atoms with Gasteiger partial charge in [0.2, 0.25) is 0 Å². The summed E-state index contributed by atoms with van der Waals surface area (Å²) in [4.78, 5) is 9.44. The van der Waals surface area contributed by atoms with Crippen LogP contribution in [0.4, 0.5) is 0 Å². The van der Waals surface area contributed by atoms with Gasteiger partial charge in [-0.1, -0.05) is 6.92 Å². The van der Waals surface area contributed by atoms with Crippen LogP contribution in [0.3, 0.4) is 0 Å². The SMILES string of the molecule is CC(C)=O.CC[N-]C.Cn1cccc1.[W]. The second kappa shape index (κ2) is 16.0. The number of nitrogens with zero attached hydrogens (tertiary/aromatic N) is 2. The van der Waals surface area contributed by atoms with E-state index in [2.05, 4.69) is 5.32 Å². The van der Waals surface area contributed by atoms with Crippen molar-refractivity contribution in [1.82, 2.24) is 4.57 Å². The molecule has 0 aliphatic heterocycles. The van der Waals surface area contributed by atoms with E-state index in [9.17, 15) is 4.79 Å². The van der Waals surface area contributed by atoms with E-state index in [1.807, 2.05) is 43.1 Å². The van der Waals surface area contributed by atoms with Crippen LogP contribution in [0.2, 0.25) is 0 Å². The van der Waals surface area contributed by atoms with E-state index in [-0.39, 0.29) is 26.8 Å². The van der Waals surface area contributed by atoms with Crippen molar-refractivity contribution in [1.29, 1.82) is 0 Å². The van der Waals surface area contributed by atoms with E-state index in [4.69, 9.17) is 0 Å². The molecule has 3 nitrogen and oxygen atoms in total. The summed E-state index contributed by atoms with van der Waals surface area (Å²) in [5, 5.41) is 3.74. The molecule has 0 fully saturated rings. The van der Waals surface area contributed by atoms with Crippen LogP contribution in [-0.2, 0) is 32.9 Å². The fourth-order valence-corrected chi connectivity index (χ4v) is 0.421. The van der Waals surface area contributed by atoms with Crippen molar-refractivity contribution < 1.29 is 25.9 Å². The van der Waals surface area contributed by atoms with Crippen LogP contribution in [-0.4, -0.2) is 23.9 Å². The molecule has 4 heteroatoms. The number of carbonyl (C=O) groups excluding carboxylic acids is 1. The fraction of sp³-hybridized carbons (Fsp3) is 0.545. The average Bonchev–Trinajstić information content (AvgIpc) is 2.55. The largest absolute Gasteiger partial charge is 0.665 e. The fourth-order valence-electron chi connectivity index (χ4n) is 0.421. The minimum Gasteiger partial charge on any atom is -0.665 e. The maximum atomic E-state index is 9.44. The molecule has 15 heavy (non-hydrogen) atoms. The molecule has 0 aromatic carbocycles. The second-order valence-electron chi connectivity index (χ2n) is 2.89. The predicted molar refractivity (Wildman–Crippen MR) is 61.6 cm³/mol. The maximum Gasteiger partial charge on any atom is 0.126 e. The smallest absolute Gasteiger partial charge is 0.126 e. The Morgan fingerprint density at radius 3 is 1.60 bits per heavy atom. The van der Waals surface area contributed by atoms with Crippen LogP contribution < -0.4 is 0 Å². The number of Topliss-reactive ketones (excluding diaryl/α,β-unsaturated/α-hetero) is 1. The Balaban J connectivity index is -0.000000145. The van der Waals surface area contributed by atoms with Crippen LogP contribution in [0, 0.1) is 0 Å². The summed E-state index contributed by atoms with van der Waals surface area (Å²) in [6.07, 6.45) is 4.00. The Labute approximate surface area is 108 Å². The molecule has 1 aromatic rings. The van der Waals surface area contributed by atoms with Crippen molar-refractivity contribution in [3.05, 3.63) is 29.8 Å². The molecule has 1 rings (SSSR count). The third-order valence-electron chi connectivity index (χ3n) is 1.07. The molecule has 0 bridgehead atoms. The Bertz CT molecular complexity index is 204. The van der Waals surface area contributed by atoms with Crippen LogP contribution in [0.15, 0.2) is 24.5 Å². The summed E-state index contributed by atoms with van der Waals surface area (Å²) >= 11 is 0. The number of hydrogen-bond acceptors (Lipinski definition) is 1. The van der Waals surface area contributed by atoms with Gasteiger partial charge in [0.1, 0.15) is 5.78 Å². The minimum atomic E-state index is 0. The van der Waals surface area contributed by atoms with Gasteiger partial charge in [-0.05, 0) is 26.0 Å². The quantitative estimate of drug-likeness (QED) is 0.737. The summed E-state index contributed by atoms with van der Waals surface area (Å²) in [5.74, 6) is 0.167. The van der Waals surface area contributed by atoms with Gasteiger partial charge in [0.25, 0.3) is 0 Å². The molecule has 0 aliphatic rings. The summed E-state index contributed by atoms with van der Waals surface area (Å²) in [6, 6.07) is 4.00. The number of aryl methyl sites for hydroxylation is 1. The molecule has 0 aliphatic carbocycles. The normalized spacial score (nSPS) is 7.27. The Hall–Kier alpha value is -0.402. The third kappa shape index (κ3) is 31.7. The number of aromatic nitrogens is 1. The van der Waals surface area contributed by atoms with Gasteiger partial charge < -0.3 is 14.7 Å². The molecule has 0 N–H and O–H groups in total. The van der Waals surface area contributed by atoms with Crippen molar-refractivity contribution in [2.24, 2.45) is 7.05 Å². The summed E-state index contributed by atoms with van der Waals surface area (Å²) in [6.45, 7) is 6.01. The zero-order valence-corrected chi connectivity index (χ0v) is 13.2. The first-order chi connectivity index (χ1) is 6.54. The molecular weight excluding hydrogens is 360 g/mol. The summed E-state index contributed by atoms with van der Waals surface area (Å²) < 4.78 is 2.00. The van der Waals surface area contributed by atoms with Gasteiger partial charge in [-0.3, -0.25) is 0 Å². The van der Waals surface area contributed by atoms with Gasteiger partial charge in [-0.2, -0.15) is 13.6 Å². The van der Waals surface area contributed by atoms with Crippen molar-refractivity contribution in [2.75, 3.05) is 13.6 Å². The molecular formula is C11H21N2OW-. The topological polar surface area (TPSA) is 36.1 Å². The van der Waals surface area contributed by atoms with Crippen molar-refractivity contribution >= 4 is 5.78 Å². The van der Waals surface area contributed by atoms with E-state index in [1.165, 1.54) is 13.8 Å². The standard InChI is InChI=1S/C5H7N.C3H8N.C3H6O.W/c1-6-4-2-3-5-6;1-3-4-2;1-3(2)4;/h2-5H,1H3;3H2,1-2H3;1-2H3;/q;-1;;. The molecule has 0 radical (unpaired) electrons. The van der Waals surface area contributed by atoms with Gasteiger partial charge in [0.15, 0.2) is 0 Å². The van der Waals surface area contributed by atoms with E-state index in [0.29, 0.717) is 0 Å². The van der Waals surface area contributed by atoms with E-state index in [1.54, 1.807) is 7.05 Å². The molecule has 0 atom stereocenters. The van der Waals surface area contributed by atoms with E-state index < -0.39 is 0 Å². The molecule has 0 saturated carbocycles. The Morgan fingerprint density at radius 2 is 1.53 bits per heavy atom. The Morgan fingerprint density at radius 1 is 1.27 bits per heavy atom. The number of hydrogen-bond donors (Lipinski definition) is 0. The number of carbonyl (C=O) groups is 1. The summed E-state index contributed by atoms with van der Waals surface area (Å²) in [7, 11) is 3.81. The first kappa shape index (κ1) is 20.1. The van der Waals surface area contributed by atoms with Crippen molar-refractivity contribution in [3.8, 4) is 0 Å². The first-order valence-corrected chi connectivity index (χ1v) is 4.64. The Kier molecular flexibility index (Phi) is 21.5. The average molecular weight is 381 g/mol. The van der Waals surface area contributed by atoms with Gasteiger partial charge >= 0.3 is 0 Å². The minimum absolute atomic E-state index is 0. The maximum absolute atomic E-state index is 9.44. The van der Waals surface area contributed by atoms with Gasteiger partial charge in [0, 0.05) is 40.5 Å². The van der Waals surface area contributed by atoms with Gasteiger partial charge in [-0.15, -0.1) is 0 Å². The van der Waals surface area contributed by atoms with Crippen LogP contribution in [0.25, 0.3) is 5.32 Å². The van der Waals surface area contributed by atoms with Crippen molar-refractivity contribution in [2.45, 2.75) is 20.8 Å². The zero-order valence-electron chi connectivity index (χ0n) is 10.2. The molecule has 0 saturated heterocycles. The van der Waals surface area contributed by atoms with Crippen molar-refractivity contribution in [3.63, 3.8) is 0 Å². The predicted octanol–water partition coefficient (Wildman–Crippen LogP) is 2.63. The molecule has 0 amide bonds. The zero-order chi connectivity index (χ0) is 11.4. The molecule has 0 unspecified atom stereocenters. The summed E-state index contributed by atoms with van der Waals surface area (Å²) in [5.41, 5.74) is 0. The monoisotopic (exact) mass is 381 g/mol. The molecule has 88 valence electrons. The number of rotatable bonds is 1. The molecule has 0 spiro atoms. The molecule has 1 aromatic heterocycles. The van der Waals surface area contributed by atoms with Crippen LogP contribution in [0.1, 0.15) is 20.8 Å². The molecule has 1 heterocycles. The van der Waals surface area contributed by atoms with E-state index >= 15 is 0 Å². The van der Waals surface area contributed by atoms with Gasteiger partial charge in [0.05, 0.1) is 0 Å². The number of ketones is 1. The van der Waals surface area contributed by atoms with E-state index in [0.717, 1.165) is 6.54 Å². The first-order valence-electron chi connectivity index (χ1n) is 4.64. The van der Waals surface area contributed by atoms with Crippen LogP contribution >= 0.6 is 0 Å². The van der Waals surface area contributed by atoms with Crippen LogP contribution in [0.5, 0.6) is 0 Å². The second-order valence-corrected chi connectivity index (χ2v) is 2.89.